The zero-order valence-electron chi connectivity index (χ0n) is 9.26. The number of hydrogen-bond donors (Lipinski definition) is 1. The van der Waals surface area contributed by atoms with Crippen LogP contribution >= 0.6 is 0 Å². The molecule has 3 rings (SSSR count). The first-order valence-electron chi connectivity index (χ1n) is 6.26. The van der Waals surface area contributed by atoms with Crippen molar-refractivity contribution in [3.8, 4) is 0 Å². The molecule has 0 amide bonds. The Hall–Kier alpha value is -0.0800. The molecule has 2 heteroatoms. The Morgan fingerprint density at radius 3 is 2.71 bits per heavy atom. The minimum atomic E-state index is 0.596. The maximum Gasteiger partial charge on any atom is 0.0223 e. The Labute approximate surface area is 87.0 Å². The van der Waals surface area contributed by atoms with E-state index in [9.17, 15) is 0 Å². The maximum atomic E-state index is 3.73. The first-order chi connectivity index (χ1) is 6.78. The molecule has 3 fully saturated rings. The van der Waals surface area contributed by atoms with E-state index < -0.39 is 0 Å². The van der Waals surface area contributed by atoms with Gasteiger partial charge >= 0.3 is 0 Å². The third-order valence-corrected chi connectivity index (χ3v) is 4.36. The molecule has 2 saturated carbocycles. The molecule has 2 aliphatic carbocycles. The summed E-state index contributed by atoms with van der Waals surface area (Å²) in [6, 6.07) is 0.815. The highest BCUT2D eigenvalue weighted by atomic mass is 15.3. The van der Waals surface area contributed by atoms with Gasteiger partial charge < -0.3 is 5.32 Å². The number of hydrogen-bond acceptors (Lipinski definition) is 2. The molecule has 0 radical (unpaired) electrons. The van der Waals surface area contributed by atoms with Crippen molar-refractivity contribution in [3.63, 3.8) is 0 Å². The minimum Gasteiger partial charge on any atom is -0.312 e. The van der Waals surface area contributed by atoms with Gasteiger partial charge in [0.1, 0.15) is 0 Å². The first kappa shape index (κ1) is 9.17. The number of nitrogens with zero attached hydrogens (tertiary/aromatic N) is 1. The second kappa shape index (κ2) is 3.21. The van der Waals surface area contributed by atoms with E-state index in [0.717, 1.165) is 12.0 Å². The van der Waals surface area contributed by atoms with E-state index in [1.54, 1.807) is 0 Å². The van der Waals surface area contributed by atoms with Crippen molar-refractivity contribution >= 4 is 0 Å². The predicted molar refractivity (Wildman–Crippen MR) is 58.3 cm³/mol. The van der Waals surface area contributed by atoms with Crippen LogP contribution in [0.2, 0.25) is 0 Å². The molecular weight excluding hydrogens is 172 g/mol. The van der Waals surface area contributed by atoms with Gasteiger partial charge in [0.05, 0.1) is 0 Å². The van der Waals surface area contributed by atoms with E-state index in [4.69, 9.17) is 0 Å². The Bertz CT molecular complexity index is 218. The molecular formula is C12H22N2. The molecule has 0 spiro atoms. The summed E-state index contributed by atoms with van der Waals surface area (Å²) in [5.41, 5.74) is 0.596. The number of rotatable bonds is 2. The first-order valence-corrected chi connectivity index (χ1v) is 6.26. The number of nitrogens with one attached hydrogen (secondary N) is 1. The molecule has 0 aromatic rings. The fourth-order valence-corrected chi connectivity index (χ4v) is 2.75. The fourth-order valence-electron chi connectivity index (χ4n) is 2.75. The monoisotopic (exact) mass is 194 g/mol. The lowest BCUT2D eigenvalue weighted by molar-refractivity contribution is 0.182. The molecule has 2 nitrogen and oxygen atoms in total. The Kier molecular flexibility index (Phi) is 2.10. The van der Waals surface area contributed by atoms with Crippen LogP contribution in [0.5, 0.6) is 0 Å². The summed E-state index contributed by atoms with van der Waals surface area (Å²) in [6.45, 7) is 6.34. The molecule has 1 unspecified atom stereocenters. The van der Waals surface area contributed by atoms with Crippen molar-refractivity contribution in [2.75, 3.05) is 19.6 Å². The van der Waals surface area contributed by atoms with Gasteiger partial charge in [-0.15, -0.1) is 0 Å². The van der Waals surface area contributed by atoms with Crippen molar-refractivity contribution in [1.82, 2.24) is 10.2 Å². The molecule has 80 valence electrons. The molecule has 1 atom stereocenters. The summed E-state index contributed by atoms with van der Waals surface area (Å²) in [4.78, 5) is 2.76. The zero-order valence-corrected chi connectivity index (χ0v) is 9.26. The Balaban J connectivity index is 1.65. The molecule has 1 saturated heterocycles. The third kappa shape index (κ3) is 1.70. The molecule has 0 aromatic heterocycles. The van der Waals surface area contributed by atoms with Crippen LogP contribution in [-0.4, -0.2) is 36.1 Å². The normalized spacial score (nSPS) is 37.9. The van der Waals surface area contributed by atoms with Crippen molar-refractivity contribution in [2.24, 2.45) is 5.92 Å². The van der Waals surface area contributed by atoms with Gasteiger partial charge in [-0.05, 0) is 58.0 Å². The average molecular weight is 194 g/mol. The zero-order chi connectivity index (χ0) is 9.60. The second-order valence-corrected chi connectivity index (χ2v) is 5.69. The fraction of sp³-hybridized carbons (Fsp3) is 1.00. The van der Waals surface area contributed by atoms with Crippen LogP contribution < -0.4 is 5.32 Å². The summed E-state index contributed by atoms with van der Waals surface area (Å²) in [6.07, 6.45) is 7.16. The lowest BCUT2D eigenvalue weighted by atomic mass is 10.1. The quantitative estimate of drug-likeness (QED) is 0.718. The van der Waals surface area contributed by atoms with Crippen LogP contribution in [0.3, 0.4) is 0 Å². The Morgan fingerprint density at radius 1 is 1.29 bits per heavy atom. The molecule has 1 aliphatic heterocycles. The lowest BCUT2D eigenvalue weighted by Crippen LogP contribution is -2.43. The van der Waals surface area contributed by atoms with Gasteiger partial charge in [0.25, 0.3) is 0 Å². The van der Waals surface area contributed by atoms with Crippen molar-refractivity contribution in [2.45, 2.75) is 50.6 Å². The molecule has 1 heterocycles. The van der Waals surface area contributed by atoms with Gasteiger partial charge in [-0.25, -0.2) is 0 Å². The maximum absolute atomic E-state index is 3.73. The summed E-state index contributed by atoms with van der Waals surface area (Å²) in [5, 5.41) is 3.73. The van der Waals surface area contributed by atoms with E-state index in [1.165, 1.54) is 51.7 Å². The largest absolute Gasteiger partial charge is 0.312 e. The SMILES string of the molecule is CC1(N2CCCNC(C3CC3)C2)CC1. The minimum absolute atomic E-state index is 0.596. The van der Waals surface area contributed by atoms with Crippen LogP contribution in [0.4, 0.5) is 0 Å². The summed E-state index contributed by atoms with van der Waals surface area (Å²) in [5.74, 6) is 1.01. The van der Waals surface area contributed by atoms with Crippen molar-refractivity contribution in [1.29, 1.82) is 0 Å². The van der Waals surface area contributed by atoms with Crippen LogP contribution in [0.15, 0.2) is 0 Å². The molecule has 14 heavy (non-hydrogen) atoms. The smallest absolute Gasteiger partial charge is 0.0223 e. The van der Waals surface area contributed by atoms with E-state index >= 15 is 0 Å². The van der Waals surface area contributed by atoms with Crippen LogP contribution in [0.1, 0.15) is 39.0 Å². The highest BCUT2D eigenvalue weighted by molar-refractivity contribution is 5.02. The predicted octanol–water partition coefficient (Wildman–Crippen LogP) is 1.61. The van der Waals surface area contributed by atoms with E-state index in [0.29, 0.717) is 5.54 Å². The van der Waals surface area contributed by atoms with Gasteiger partial charge in [-0.3, -0.25) is 4.90 Å². The Morgan fingerprint density at radius 2 is 2.07 bits per heavy atom. The van der Waals surface area contributed by atoms with Crippen LogP contribution in [0.25, 0.3) is 0 Å². The summed E-state index contributed by atoms with van der Waals surface area (Å²) >= 11 is 0. The average Bonchev–Trinajstić information content (AvgIpc) is 3.02. The van der Waals surface area contributed by atoms with E-state index in [2.05, 4.69) is 17.1 Å². The molecule has 3 aliphatic rings. The van der Waals surface area contributed by atoms with Gasteiger partial charge in [-0.1, -0.05) is 0 Å². The van der Waals surface area contributed by atoms with Gasteiger partial charge in [0.15, 0.2) is 0 Å². The van der Waals surface area contributed by atoms with Gasteiger partial charge in [-0.2, -0.15) is 0 Å². The van der Waals surface area contributed by atoms with E-state index in [1.807, 2.05) is 0 Å². The van der Waals surface area contributed by atoms with Gasteiger partial charge in [0, 0.05) is 18.1 Å². The van der Waals surface area contributed by atoms with Gasteiger partial charge in [0.2, 0.25) is 0 Å². The van der Waals surface area contributed by atoms with Crippen LogP contribution in [0, 0.1) is 5.92 Å². The topological polar surface area (TPSA) is 15.3 Å². The molecule has 1 N–H and O–H groups in total. The molecule has 0 bridgehead atoms. The van der Waals surface area contributed by atoms with E-state index in [-0.39, 0.29) is 0 Å². The summed E-state index contributed by atoms with van der Waals surface area (Å²) in [7, 11) is 0. The standard InChI is InChI=1S/C12H22N2/c1-12(5-6-12)14-8-2-7-13-11(9-14)10-3-4-10/h10-11,13H,2-9H2,1H3. The lowest BCUT2D eigenvalue weighted by Gasteiger charge is -2.30. The second-order valence-electron chi connectivity index (χ2n) is 5.69. The highest BCUT2D eigenvalue weighted by Gasteiger charge is 2.45. The summed E-state index contributed by atoms with van der Waals surface area (Å²) < 4.78 is 0. The van der Waals surface area contributed by atoms with Crippen LogP contribution in [-0.2, 0) is 0 Å². The van der Waals surface area contributed by atoms with Crippen molar-refractivity contribution < 1.29 is 0 Å². The highest BCUT2D eigenvalue weighted by Crippen LogP contribution is 2.43. The van der Waals surface area contributed by atoms with Crippen molar-refractivity contribution in [3.05, 3.63) is 0 Å². The molecule has 0 aromatic carbocycles. The third-order valence-electron chi connectivity index (χ3n) is 4.36.